The first-order chi connectivity index (χ1) is 5.74. The zero-order valence-electron chi connectivity index (χ0n) is 7.43. The SMILES string of the molecule is CCCC[C@@H]1CCC(=O)NC1=O. The highest BCUT2D eigenvalue weighted by atomic mass is 16.2. The van der Waals surface area contributed by atoms with Gasteiger partial charge in [-0.2, -0.15) is 0 Å². The summed E-state index contributed by atoms with van der Waals surface area (Å²) in [4.78, 5) is 21.9. The van der Waals surface area contributed by atoms with Crippen LogP contribution in [0.15, 0.2) is 0 Å². The van der Waals surface area contributed by atoms with E-state index in [2.05, 4.69) is 12.2 Å². The maximum absolute atomic E-state index is 11.2. The highest BCUT2D eigenvalue weighted by Crippen LogP contribution is 2.18. The average Bonchev–Trinajstić information content (AvgIpc) is 2.03. The van der Waals surface area contributed by atoms with Crippen molar-refractivity contribution in [1.82, 2.24) is 5.32 Å². The van der Waals surface area contributed by atoms with Gasteiger partial charge in [-0.15, -0.1) is 0 Å². The minimum atomic E-state index is -0.118. The van der Waals surface area contributed by atoms with Crippen LogP contribution in [0.1, 0.15) is 39.0 Å². The van der Waals surface area contributed by atoms with Crippen molar-refractivity contribution in [2.45, 2.75) is 39.0 Å². The van der Waals surface area contributed by atoms with Crippen molar-refractivity contribution >= 4 is 11.8 Å². The van der Waals surface area contributed by atoms with E-state index in [9.17, 15) is 9.59 Å². The van der Waals surface area contributed by atoms with E-state index in [0.717, 1.165) is 25.7 Å². The van der Waals surface area contributed by atoms with Gasteiger partial charge in [-0.05, 0) is 12.8 Å². The Bertz CT molecular complexity index is 189. The van der Waals surface area contributed by atoms with Crippen LogP contribution < -0.4 is 5.32 Å². The zero-order chi connectivity index (χ0) is 8.97. The second-order valence-electron chi connectivity index (χ2n) is 3.29. The topological polar surface area (TPSA) is 46.2 Å². The van der Waals surface area contributed by atoms with E-state index in [4.69, 9.17) is 0 Å². The lowest BCUT2D eigenvalue weighted by atomic mass is 9.93. The molecular weight excluding hydrogens is 154 g/mol. The summed E-state index contributed by atoms with van der Waals surface area (Å²) in [7, 11) is 0. The number of piperidine rings is 1. The Morgan fingerprint density at radius 3 is 2.83 bits per heavy atom. The van der Waals surface area contributed by atoms with Crippen molar-refractivity contribution in [3.8, 4) is 0 Å². The van der Waals surface area contributed by atoms with E-state index in [0.29, 0.717) is 6.42 Å². The fourth-order valence-corrected chi connectivity index (χ4v) is 1.46. The van der Waals surface area contributed by atoms with Crippen molar-refractivity contribution in [1.29, 1.82) is 0 Å². The van der Waals surface area contributed by atoms with Gasteiger partial charge in [-0.1, -0.05) is 19.8 Å². The van der Waals surface area contributed by atoms with Gasteiger partial charge in [0.25, 0.3) is 0 Å². The zero-order valence-corrected chi connectivity index (χ0v) is 7.43. The number of carbonyl (C=O) groups excluding carboxylic acids is 2. The Kier molecular flexibility index (Phi) is 3.26. The summed E-state index contributed by atoms with van der Waals surface area (Å²) in [5.74, 6) is -0.102. The number of amides is 2. The van der Waals surface area contributed by atoms with Crippen molar-refractivity contribution in [3.63, 3.8) is 0 Å². The molecule has 1 aliphatic rings. The van der Waals surface area contributed by atoms with Gasteiger partial charge in [0.05, 0.1) is 0 Å². The van der Waals surface area contributed by atoms with Gasteiger partial charge in [0, 0.05) is 12.3 Å². The lowest BCUT2D eigenvalue weighted by molar-refractivity contribution is -0.136. The van der Waals surface area contributed by atoms with Gasteiger partial charge < -0.3 is 0 Å². The predicted molar refractivity (Wildman–Crippen MR) is 45.4 cm³/mol. The third-order valence-corrected chi connectivity index (χ3v) is 2.26. The fourth-order valence-electron chi connectivity index (χ4n) is 1.46. The molecule has 0 bridgehead atoms. The molecule has 1 rings (SSSR count). The molecule has 1 aliphatic heterocycles. The number of hydrogen-bond donors (Lipinski definition) is 1. The Morgan fingerprint density at radius 1 is 1.50 bits per heavy atom. The maximum atomic E-state index is 11.2. The second kappa shape index (κ2) is 4.24. The molecule has 1 N–H and O–H groups in total. The molecule has 0 unspecified atom stereocenters. The van der Waals surface area contributed by atoms with Gasteiger partial charge in [-0.25, -0.2) is 0 Å². The Hall–Kier alpha value is -0.860. The summed E-state index contributed by atoms with van der Waals surface area (Å²) in [6.07, 6.45) is 4.37. The van der Waals surface area contributed by atoms with Crippen LogP contribution in [-0.2, 0) is 9.59 Å². The summed E-state index contributed by atoms with van der Waals surface area (Å²) in [5, 5.41) is 2.36. The first-order valence-corrected chi connectivity index (χ1v) is 4.57. The number of imide groups is 1. The smallest absolute Gasteiger partial charge is 0.229 e. The van der Waals surface area contributed by atoms with Crippen molar-refractivity contribution < 1.29 is 9.59 Å². The molecule has 68 valence electrons. The number of hydrogen-bond acceptors (Lipinski definition) is 2. The molecule has 0 aromatic carbocycles. The molecule has 1 atom stereocenters. The van der Waals surface area contributed by atoms with Crippen molar-refractivity contribution in [2.24, 2.45) is 5.92 Å². The van der Waals surface area contributed by atoms with E-state index >= 15 is 0 Å². The van der Waals surface area contributed by atoms with E-state index in [-0.39, 0.29) is 17.7 Å². The van der Waals surface area contributed by atoms with Crippen LogP contribution >= 0.6 is 0 Å². The second-order valence-corrected chi connectivity index (χ2v) is 3.29. The summed E-state index contributed by atoms with van der Waals surface area (Å²) in [6.45, 7) is 2.10. The fraction of sp³-hybridized carbons (Fsp3) is 0.778. The molecule has 0 radical (unpaired) electrons. The third kappa shape index (κ3) is 2.32. The molecule has 2 amide bonds. The Labute approximate surface area is 72.5 Å². The molecule has 1 heterocycles. The maximum Gasteiger partial charge on any atom is 0.229 e. The van der Waals surface area contributed by atoms with Gasteiger partial charge in [0.1, 0.15) is 0 Å². The predicted octanol–water partition coefficient (Wildman–Crippen LogP) is 1.23. The molecule has 0 aromatic heterocycles. The van der Waals surface area contributed by atoms with E-state index in [1.54, 1.807) is 0 Å². The van der Waals surface area contributed by atoms with Crippen molar-refractivity contribution in [2.75, 3.05) is 0 Å². The Balaban J connectivity index is 2.35. The summed E-state index contributed by atoms with van der Waals surface area (Å²) >= 11 is 0. The molecule has 0 aliphatic carbocycles. The summed E-state index contributed by atoms with van der Waals surface area (Å²) in [5.41, 5.74) is 0. The van der Waals surface area contributed by atoms with E-state index < -0.39 is 0 Å². The van der Waals surface area contributed by atoms with Crippen LogP contribution in [0.3, 0.4) is 0 Å². The van der Waals surface area contributed by atoms with Crippen LogP contribution in [0.2, 0.25) is 0 Å². The van der Waals surface area contributed by atoms with E-state index in [1.165, 1.54) is 0 Å². The number of carbonyl (C=O) groups is 2. The standard InChI is InChI=1S/C9H15NO2/c1-2-3-4-7-5-6-8(11)10-9(7)12/h7H,2-6H2,1H3,(H,10,11,12)/t7-/m1/s1. The van der Waals surface area contributed by atoms with Gasteiger partial charge in [-0.3, -0.25) is 14.9 Å². The molecule has 0 spiro atoms. The first-order valence-electron chi connectivity index (χ1n) is 4.57. The van der Waals surface area contributed by atoms with Crippen LogP contribution in [0, 0.1) is 5.92 Å². The molecule has 1 saturated heterocycles. The molecule has 0 aromatic rings. The minimum absolute atomic E-state index is 0.0697. The van der Waals surface area contributed by atoms with Crippen LogP contribution in [0.4, 0.5) is 0 Å². The van der Waals surface area contributed by atoms with Crippen molar-refractivity contribution in [3.05, 3.63) is 0 Å². The molecular formula is C9H15NO2. The molecule has 3 nitrogen and oxygen atoms in total. The largest absolute Gasteiger partial charge is 0.296 e. The number of nitrogens with one attached hydrogen (secondary N) is 1. The highest BCUT2D eigenvalue weighted by molar-refractivity contribution is 5.98. The molecule has 1 fully saturated rings. The van der Waals surface area contributed by atoms with Gasteiger partial charge in [0.15, 0.2) is 0 Å². The minimum Gasteiger partial charge on any atom is -0.296 e. The normalized spacial score (nSPS) is 23.9. The quantitative estimate of drug-likeness (QED) is 0.646. The number of unbranched alkanes of at least 4 members (excludes halogenated alkanes) is 1. The monoisotopic (exact) mass is 169 g/mol. The van der Waals surface area contributed by atoms with Crippen LogP contribution in [-0.4, -0.2) is 11.8 Å². The van der Waals surface area contributed by atoms with Gasteiger partial charge in [0.2, 0.25) is 11.8 Å². The molecule has 12 heavy (non-hydrogen) atoms. The lowest BCUT2D eigenvalue weighted by Gasteiger charge is -2.20. The average molecular weight is 169 g/mol. The number of rotatable bonds is 3. The highest BCUT2D eigenvalue weighted by Gasteiger charge is 2.25. The van der Waals surface area contributed by atoms with Crippen LogP contribution in [0.25, 0.3) is 0 Å². The summed E-state index contributed by atoms with van der Waals surface area (Å²) in [6, 6.07) is 0. The van der Waals surface area contributed by atoms with Crippen LogP contribution in [0.5, 0.6) is 0 Å². The molecule has 3 heteroatoms. The van der Waals surface area contributed by atoms with E-state index in [1.807, 2.05) is 0 Å². The third-order valence-electron chi connectivity index (χ3n) is 2.26. The lowest BCUT2D eigenvalue weighted by Crippen LogP contribution is -2.40. The summed E-state index contributed by atoms with van der Waals surface area (Å²) < 4.78 is 0. The Morgan fingerprint density at radius 2 is 2.25 bits per heavy atom. The first kappa shape index (κ1) is 9.23. The molecule has 0 saturated carbocycles. The van der Waals surface area contributed by atoms with Gasteiger partial charge >= 0.3 is 0 Å².